The molecule has 5 aliphatic heterocycles. The number of ether oxygens (including phenoxy) is 2. The van der Waals surface area contributed by atoms with Crippen molar-refractivity contribution in [1.82, 2.24) is 44.1 Å². The van der Waals surface area contributed by atoms with Gasteiger partial charge in [-0.3, -0.25) is 14.5 Å². The van der Waals surface area contributed by atoms with E-state index in [4.69, 9.17) is 29.4 Å². The van der Waals surface area contributed by atoms with Gasteiger partial charge in [-0.05, 0) is 57.1 Å². The van der Waals surface area contributed by atoms with Gasteiger partial charge < -0.3 is 34.1 Å². The van der Waals surface area contributed by atoms with Gasteiger partial charge >= 0.3 is 0 Å². The molecule has 4 aromatic heterocycles. The van der Waals surface area contributed by atoms with Crippen LogP contribution in [0.15, 0.2) is 54.7 Å². The molecule has 0 spiro atoms. The first-order valence-electron chi connectivity index (χ1n) is 20.7. The lowest BCUT2D eigenvalue weighted by molar-refractivity contribution is -0.140. The number of hydrogen-bond acceptors (Lipinski definition) is 13. The van der Waals surface area contributed by atoms with Crippen molar-refractivity contribution in [2.24, 2.45) is 0 Å². The van der Waals surface area contributed by atoms with E-state index in [9.17, 15) is 14.0 Å². The van der Waals surface area contributed by atoms with Crippen LogP contribution in [0.2, 0.25) is 0 Å². The highest BCUT2D eigenvalue weighted by atomic mass is 19.1. The van der Waals surface area contributed by atoms with Gasteiger partial charge in [-0.2, -0.15) is 15.1 Å². The SMILES string of the molecule is COCCN1C[C@H]2C[C@@H](C1=O)N2c1nc(N2CC3C[C@H]2C(=O)CN(C)C[C@H](OC)Cn2c(C)nc4cc(F)cc(c42)-c2cccc(n2)N3)c2cnn(-c3ccc(F)cc3F)c2n1. The standard InChI is InChI=1S/C43H45F3N12O4/c1-23-48-33-14-25(45)12-29-32-6-5-7-38(50-32)49-26-15-35(37(59)22-53(2)20-28(62-4)21-55(23)39(29)33)56(18-26)40-30-17-47-58(34-9-8-24(44)13-31(34)46)41(30)52-43(51-40)57-27-16-36(57)42(60)54(19-27)10-11-61-3/h5-9,12-14,17,26-28,35-36H,10-11,15-16,18-22H2,1-4H3,(H,49,50)/t26?,27-,28+,35+,36+/m1/s1. The minimum atomic E-state index is -0.839. The molecular formula is C43H45F3N12O4. The summed E-state index contributed by atoms with van der Waals surface area (Å²) in [5.74, 6) is -0.315. The van der Waals surface area contributed by atoms with Gasteiger partial charge in [0.05, 0.1) is 66.2 Å². The predicted octanol–water partition coefficient (Wildman–Crippen LogP) is 3.98. The Morgan fingerprint density at radius 3 is 2.55 bits per heavy atom. The molecule has 1 N–H and O–H groups in total. The van der Waals surface area contributed by atoms with Crippen LogP contribution in [0.1, 0.15) is 18.7 Å². The molecule has 16 nitrogen and oxygen atoms in total. The van der Waals surface area contributed by atoms with E-state index in [1.807, 2.05) is 51.4 Å². The first-order chi connectivity index (χ1) is 30.0. The lowest BCUT2D eigenvalue weighted by Gasteiger charge is -2.55. The van der Waals surface area contributed by atoms with Crippen molar-refractivity contribution in [2.75, 3.05) is 75.7 Å². The summed E-state index contributed by atoms with van der Waals surface area (Å²) in [5, 5.41) is 8.53. The summed E-state index contributed by atoms with van der Waals surface area (Å²) in [6.45, 7) is 4.32. The topological polar surface area (TPSA) is 152 Å². The number of anilines is 3. The number of methoxy groups -OCH3 is 2. The van der Waals surface area contributed by atoms with E-state index in [2.05, 4.69) is 10.4 Å². The Morgan fingerprint density at radius 1 is 0.903 bits per heavy atom. The molecule has 5 aliphatic rings. The highest BCUT2D eigenvalue weighted by Crippen LogP contribution is 2.40. The maximum Gasteiger partial charge on any atom is 0.245 e. The van der Waals surface area contributed by atoms with Crippen molar-refractivity contribution < 1.29 is 32.2 Å². The van der Waals surface area contributed by atoms with Crippen LogP contribution in [-0.2, 0) is 25.6 Å². The second-order valence-corrected chi connectivity index (χ2v) is 16.6. The quantitative estimate of drug-likeness (QED) is 0.247. The lowest BCUT2D eigenvalue weighted by atomic mass is 9.87. The maximum atomic E-state index is 15.5. The van der Waals surface area contributed by atoms with E-state index in [0.29, 0.717) is 91.8 Å². The normalized spacial score (nSPS) is 23.1. The average Bonchev–Trinajstić information content (AvgIpc) is 3.94. The molecule has 6 bridgehead atoms. The van der Waals surface area contributed by atoms with Crippen molar-refractivity contribution in [1.29, 1.82) is 0 Å². The van der Waals surface area contributed by atoms with Gasteiger partial charge in [-0.1, -0.05) is 6.07 Å². The van der Waals surface area contributed by atoms with Crippen LogP contribution < -0.4 is 15.1 Å². The number of aryl methyl sites for hydroxylation is 1. The molecule has 0 saturated carbocycles. The maximum absolute atomic E-state index is 15.5. The number of ketones is 1. The van der Waals surface area contributed by atoms with Crippen molar-refractivity contribution in [2.45, 2.75) is 56.6 Å². The zero-order chi connectivity index (χ0) is 43.0. The molecule has 19 heteroatoms. The van der Waals surface area contributed by atoms with Gasteiger partial charge in [0.2, 0.25) is 11.9 Å². The molecule has 1 unspecified atom stereocenters. The summed E-state index contributed by atoms with van der Waals surface area (Å²) in [7, 11) is 5.09. The number of hydrogen-bond donors (Lipinski definition) is 1. The molecular weight excluding hydrogens is 806 g/mol. The fraction of sp³-hybridized carbons (Fsp3) is 0.419. The van der Waals surface area contributed by atoms with Crippen molar-refractivity contribution in [3.05, 3.63) is 78.0 Å². The van der Waals surface area contributed by atoms with Gasteiger partial charge in [0.15, 0.2) is 17.2 Å². The number of imidazole rings is 1. The van der Waals surface area contributed by atoms with Crippen LogP contribution >= 0.6 is 0 Å². The largest absolute Gasteiger partial charge is 0.383 e. The van der Waals surface area contributed by atoms with E-state index in [1.54, 1.807) is 19.1 Å². The highest BCUT2D eigenvalue weighted by Gasteiger charge is 2.52. The second kappa shape index (κ2) is 15.6. The molecule has 4 saturated heterocycles. The number of piperidine rings is 1. The van der Waals surface area contributed by atoms with E-state index >= 15 is 8.78 Å². The molecule has 11 rings (SSSR count). The number of benzene rings is 2. The summed E-state index contributed by atoms with van der Waals surface area (Å²) >= 11 is 0. The van der Waals surface area contributed by atoms with Crippen LogP contribution in [0.25, 0.3) is 39.0 Å². The lowest BCUT2D eigenvalue weighted by Crippen LogP contribution is -2.72. The summed E-state index contributed by atoms with van der Waals surface area (Å²) < 4.78 is 59.3. The van der Waals surface area contributed by atoms with E-state index in [1.165, 1.54) is 29.1 Å². The fourth-order valence-electron chi connectivity index (χ4n) is 9.61. The van der Waals surface area contributed by atoms with Crippen LogP contribution in [0, 0.1) is 24.4 Å². The number of aromatic nitrogens is 7. The number of Topliss-reactive ketones (excluding diaryl/α,β-unsaturated/α-hetero) is 1. The second-order valence-electron chi connectivity index (χ2n) is 16.6. The Bertz CT molecular complexity index is 2750. The number of amides is 1. The number of nitrogens with one attached hydrogen (secondary N) is 1. The number of pyridine rings is 1. The summed E-state index contributed by atoms with van der Waals surface area (Å²) in [5.41, 5.74) is 2.56. The molecule has 2 aromatic carbocycles. The zero-order valence-corrected chi connectivity index (χ0v) is 34.6. The molecule has 9 heterocycles. The van der Waals surface area contributed by atoms with E-state index in [0.717, 1.165) is 17.6 Å². The Morgan fingerprint density at radius 2 is 1.76 bits per heavy atom. The third-order valence-electron chi connectivity index (χ3n) is 12.6. The minimum absolute atomic E-state index is 0.0258. The number of halogens is 3. The molecule has 322 valence electrons. The number of fused-ring (bicyclic) bond motifs is 8. The number of piperazine rings is 1. The molecule has 0 aliphatic carbocycles. The molecule has 6 aromatic rings. The molecule has 62 heavy (non-hydrogen) atoms. The molecule has 0 radical (unpaired) electrons. The first-order valence-corrected chi connectivity index (χ1v) is 20.7. The third-order valence-corrected chi connectivity index (χ3v) is 12.6. The third kappa shape index (κ3) is 6.87. The summed E-state index contributed by atoms with van der Waals surface area (Å²) in [6.07, 6.45) is 2.14. The fourth-order valence-corrected chi connectivity index (χ4v) is 9.61. The zero-order valence-electron chi connectivity index (χ0n) is 34.6. The van der Waals surface area contributed by atoms with E-state index < -0.39 is 29.5 Å². The Kier molecular flexibility index (Phi) is 10.1. The number of likely N-dealkylation sites (N-methyl/N-ethyl adjacent to an activating group) is 1. The van der Waals surface area contributed by atoms with Gasteiger partial charge in [0, 0.05) is 64.1 Å². The van der Waals surface area contributed by atoms with Crippen LogP contribution in [0.3, 0.4) is 0 Å². The minimum Gasteiger partial charge on any atom is -0.383 e. The molecule has 4 fully saturated rings. The van der Waals surface area contributed by atoms with Gasteiger partial charge in [-0.25, -0.2) is 27.8 Å². The monoisotopic (exact) mass is 850 g/mol. The van der Waals surface area contributed by atoms with Crippen molar-refractivity contribution in [3.8, 4) is 16.9 Å². The Hall–Kier alpha value is -6.18. The van der Waals surface area contributed by atoms with Gasteiger partial charge in [0.25, 0.3) is 0 Å². The van der Waals surface area contributed by atoms with Crippen LogP contribution in [0.4, 0.5) is 30.8 Å². The Balaban J connectivity index is 1.08. The smallest absolute Gasteiger partial charge is 0.245 e. The van der Waals surface area contributed by atoms with Gasteiger partial charge in [0.1, 0.15) is 40.8 Å². The summed E-state index contributed by atoms with van der Waals surface area (Å²) in [6, 6.07) is 10.00. The van der Waals surface area contributed by atoms with Gasteiger partial charge in [-0.15, -0.1) is 0 Å². The number of carbonyl (C=O) groups excluding carboxylic acids is 2. The van der Waals surface area contributed by atoms with Crippen LogP contribution in [0.5, 0.6) is 0 Å². The predicted molar refractivity (Wildman–Crippen MR) is 224 cm³/mol. The highest BCUT2D eigenvalue weighted by molar-refractivity contribution is 5.96. The Labute approximate surface area is 354 Å². The first kappa shape index (κ1) is 39.9. The van der Waals surface area contributed by atoms with E-state index in [-0.39, 0.29) is 53.7 Å². The molecule has 1 amide bonds. The van der Waals surface area contributed by atoms with Crippen molar-refractivity contribution >= 4 is 51.3 Å². The molecule has 5 atom stereocenters. The number of carbonyl (C=O) groups is 2. The van der Waals surface area contributed by atoms with Crippen molar-refractivity contribution in [3.63, 3.8) is 0 Å². The number of nitrogens with zero attached hydrogens (tertiary/aromatic N) is 11. The summed E-state index contributed by atoms with van der Waals surface area (Å²) in [4.78, 5) is 55.7. The van der Waals surface area contributed by atoms with Crippen LogP contribution in [-0.4, -0.2) is 147 Å². The average molecular weight is 851 g/mol. The number of rotatable bonds is 7.